The number of aromatic nitrogens is 4. The van der Waals surface area contributed by atoms with Crippen LogP contribution in [0.15, 0.2) is 30.7 Å². The lowest BCUT2D eigenvalue weighted by atomic mass is 10.3. The molecule has 5 nitrogen and oxygen atoms in total. The number of nitrogens with one attached hydrogen (secondary N) is 1. The number of benzene rings is 1. The van der Waals surface area contributed by atoms with Gasteiger partial charge < -0.3 is 5.32 Å². The predicted octanol–water partition coefficient (Wildman–Crippen LogP) is 2.39. The number of rotatable bonds is 2. The third-order valence-electron chi connectivity index (χ3n) is 2.74. The third-order valence-corrected chi connectivity index (χ3v) is 2.74. The first-order chi connectivity index (χ1) is 9.16. The van der Waals surface area contributed by atoms with Crippen molar-refractivity contribution >= 4 is 22.5 Å². The van der Waals surface area contributed by atoms with Crippen LogP contribution >= 0.6 is 0 Å². The number of para-hydroxylation sites is 1. The van der Waals surface area contributed by atoms with Gasteiger partial charge in [-0.15, -0.1) is 0 Å². The largest absolute Gasteiger partial charge is 0.335 e. The van der Waals surface area contributed by atoms with Crippen LogP contribution in [-0.2, 0) is 7.05 Å². The first-order valence-electron chi connectivity index (χ1n) is 5.50. The van der Waals surface area contributed by atoms with Gasteiger partial charge in [0, 0.05) is 7.05 Å². The van der Waals surface area contributed by atoms with Crippen molar-refractivity contribution in [3.63, 3.8) is 0 Å². The van der Waals surface area contributed by atoms with E-state index in [-0.39, 0.29) is 5.69 Å². The maximum atomic E-state index is 13.6. The average molecular weight is 261 g/mol. The Kier molecular flexibility index (Phi) is 2.59. The van der Waals surface area contributed by atoms with Crippen LogP contribution in [0.5, 0.6) is 0 Å². The summed E-state index contributed by atoms with van der Waals surface area (Å²) >= 11 is 0. The van der Waals surface area contributed by atoms with Crippen molar-refractivity contribution in [2.75, 3.05) is 5.32 Å². The summed E-state index contributed by atoms with van der Waals surface area (Å²) in [6.45, 7) is 0. The van der Waals surface area contributed by atoms with Gasteiger partial charge in [0.15, 0.2) is 5.65 Å². The van der Waals surface area contributed by atoms with Gasteiger partial charge in [0.05, 0.1) is 11.6 Å². The zero-order valence-corrected chi connectivity index (χ0v) is 9.93. The topological polar surface area (TPSA) is 55.6 Å². The van der Waals surface area contributed by atoms with Crippen molar-refractivity contribution in [1.29, 1.82) is 0 Å². The van der Waals surface area contributed by atoms with Gasteiger partial charge in [-0.05, 0) is 12.1 Å². The van der Waals surface area contributed by atoms with E-state index < -0.39 is 11.6 Å². The first-order valence-corrected chi connectivity index (χ1v) is 5.50. The Morgan fingerprint density at radius 3 is 2.63 bits per heavy atom. The van der Waals surface area contributed by atoms with E-state index in [2.05, 4.69) is 20.4 Å². The summed E-state index contributed by atoms with van der Waals surface area (Å²) in [6, 6.07) is 3.65. The van der Waals surface area contributed by atoms with Crippen LogP contribution in [-0.4, -0.2) is 19.7 Å². The minimum Gasteiger partial charge on any atom is -0.335 e. The van der Waals surface area contributed by atoms with Gasteiger partial charge in [0.1, 0.15) is 29.5 Å². The first kappa shape index (κ1) is 11.5. The molecular weight excluding hydrogens is 252 g/mol. The SMILES string of the molecule is Cn1ncc2c(Nc3c(F)cccc3F)ncnc21. The van der Waals surface area contributed by atoms with Crippen molar-refractivity contribution in [3.8, 4) is 0 Å². The Balaban J connectivity index is 2.11. The summed E-state index contributed by atoms with van der Waals surface area (Å²) in [5.74, 6) is -1.06. The standard InChI is InChI=1S/C12H9F2N5/c1-19-12-7(5-17-19)11(15-6-16-12)18-10-8(13)3-2-4-9(10)14/h2-6H,1H3,(H,15,16,18). The predicted molar refractivity (Wildman–Crippen MR) is 65.9 cm³/mol. The summed E-state index contributed by atoms with van der Waals surface area (Å²) in [5.41, 5.74) is 0.334. The fourth-order valence-corrected chi connectivity index (χ4v) is 1.80. The van der Waals surface area contributed by atoms with E-state index in [9.17, 15) is 8.78 Å². The highest BCUT2D eigenvalue weighted by Crippen LogP contribution is 2.25. The molecule has 0 bridgehead atoms. The molecule has 3 rings (SSSR count). The highest BCUT2D eigenvalue weighted by molar-refractivity contribution is 5.88. The number of aryl methyl sites for hydroxylation is 1. The molecule has 2 heterocycles. The van der Waals surface area contributed by atoms with E-state index in [1.165, 1.54) is 30.7 Å². The Hall–Kier alpha value is -2.57. The molecule has 0 spiro atoms. The van der Waals surface area contributed by atoms with Crippen LogP contribution in [0, 0.1) is 11.6 Å². The number of nitrogens with zero attached hydrogens (tertiary/aromatic N) is 4. The molecule has 2 aromatic heterocycles. The molecule has 96 valence electrons. The quantitative estimate of drug-likeness (QED) is 0.769. The monoisotopic (exact) mass is 261 g/mol. The highest BCUT2D eigenvalue weighted by atomic mass is 19.1. The Labute approximate surface area is 106 Å². The average Bonchev–Trinajstić information content (AvgIpc) is 2.77. The van der Waals surface area contributed by atoms with Crippen molar-refractivity contribution in [1.82, 2.24) is 19.7 Å². The molecule has 0 saturated carbocycles. The molecule has 19 heavy (non-hydrogen) atoms. The van der Waals surface area contributed by atoms with Crippen molar-refractivity contribution < 1.29 is 8.78 Å². The fourth-order valence-electron chi connectivity index (χ4n) is 1.80. The maximum Gasteiger partial charge on any atom is 0.163 e. The van der Waals surface area contributed by atoms with Crippen LogP contribution in [0.3, 0.4) is 0 Å². The lowest BCUT2D eigenvalue weighted by Crippen LogP contribution is -2.00. The van der Waals surface area contributed by atoms with Crippen LogP contribution in [0.2, 0.25) is 0 Å². The number of halogens is 2. The van der Waals surface area contributed by atoms with Crippen LogP contribution in [0.1, 0.15) is 0 Å². The van der Waals surface area contributed by atoms with E-state index in [0.717, 1.165) is 0 Å². The van der Waals surface area contributed by atoms with Gasteiger partial charge in [-0.3, -0.25) is 4.68 Å². The number of anilines is 2. The molecule has 0 radical (unpaired) electrons. The van der Waals surface area contributed by atoms with Crippen molar-refractivity contribution in [2.45, 2.75) is 0 Å². The minimum atomic E-state index is -0.685. The second-order valence-corrected chi connectivity index (χ2v) is 3.95. The Morgan fingerprint density at radius 2 is 1.89 bits per heavy atom. The lowest BCUT2D eigenvalue weighted by molar-refractivity contribution is 0.590. The molecule has 0 aliphatic carbocycles. The summed E-state index contributed by atoms with van der Waals surface area (Å²) < 4.78 is 28.7. The number of hydrogen-bond donors (Lipinski definition) is 1. The molecule has 0 amide bonds. The summed E-state index contributed by atoms with van der Waals surface area (Å²) in [7, 11) is 1.72. The Bertz CT molecular complexity index is 733. The number of hydrogen-bond acceptors (Lipinski definition) is 4. The van der Waals surface area contributed by atoms with Crippen LogP contribution < -0.4 is 5.32 Å². The molecule has 3 aromatic rings. The van der Waals surface area contributed by atoms with Crippen LogP contribution in [0.4, 0.5) is 20.3 Å². The van der Waals surface area contributed by atoms with Gasteiger partial charge >= 0.3 is 0 Å². The minimum absolute atomic E-state index is 0.244. The van der Waals surface area contributed by atoms with Crippen molar-refractivity contribution in [2.24, 2.45) is 7.05 Å². The van der Waals surface area contributed by atoms with Gasteiger partial charge in [-0.2, -0.15) is 5.10 Å². The van der Waals surface area contributed by atoms with Crippen molar-refractivity contribution in [3.05, 3.63) is 42.4 Å². The molecule has 1 N–H and O–H groups in total. The smallest absolute Gasteiger partial charge is 0.163 e. The summed E-state index contributed by atoms with van der Waals surface area (Å²) in [4.78, 5) is 8.04. The molecule has 0 aliphatic heterocycles. The van der Waals surface area contributed by atoms with E-state index in [4.69, 9.17) is 0 Å². The molecule has 0 unspecified atom stereocenters. The van der Waals surface area contributed by atoms with E-state index in [1.54, 1.807) is 11.7 Å². The Morgan fingerprint density at radius 1 is 1.16 bits per heavy atom. The molecule has 0 atom stereocenters. The zero-order valence-electron chi connectivity index (χ0n) is 9.93. The molecule has 0 aliphatic rings. The molecule has 1 aromatic carbocycles. The van der Waals surface area contributed by atoms with Gasteiger partial charge in [-0.25, -0.2) is 18.7 Å². The zero-order chi connectivity index (χ0) is 13.4. The maximum absolute atomic E-state index is 13.6. The van der Waals surface area contributed by atoms with Crippen LogP contribution in [0.25, 0.3) is 11.0 Å². The fraction of sp³-hybridized carbons (Fsp3) is 0.0833. The van der Waals surface area contributed by atoms with Gasteiger partial charge in [-0.1, -0.05) is 6.07 Å². The lowest BCUT2D eigenvalue weighted by Gasteiger charge is -2.08. The molecule has 7 heteroatoms. The highest BCUT2D eigenvalue weighted by Gasteiger charge is 2.12. The van der Waals surface area contributed by atoms with Gasteiger partial charge in [0.25, 0.3) is 0 Å². The van der Waals surface area contributed by atoms with E-state index in [0.29, 0.717) is 16.9 Å². The normalized spacial score (nSPS) is 10.9. The molecule has 0 fully saturated rings. The summed E-state index contributed by atoms with van der Waals surface area (Å²) in [5, 5.41) is 7.26. The molecular formula is C12H9F2N5. The van der Waals surface area contributed by atoms with E-state index >= 15 is 0 Å². The number of fused-ring (bicyclic) bond motifs is 1. The van der Waals surface area contributed by atoms with E-state index in [1.807, 2.05) is 0 Å². The third kappa shape index (κ3) is 1.88. The summed E-state index contributed by atoms with van der Waals surface area (Å²) in [6.07, 6.45) is 2.85. The van der Waals surface area contributed by atoms with Gasteiger partial charge in [0.2, 0.25) is 0 Å². The second-order valence-electron chi connectivity index (χ2n) is 3.95. The molecule has 0 saturated heterocycles. The second kappa shape index (κ2) is 4.27.